The van der Waals surface area contributed by atoms with Gasteiger partial charge in [0.2, 0.25) is 5.91 Å². The van der Waals surface area contributed by atoms with Crippen LogP contribution in [0.15, 0.2) is 30.5 Å². The molecule has 2 aromatic heterocycles. The van der Waals surface area contributed by atoms with E-state index in [2.05, 4.69) is 10.3 Å². The molecule has 0 aliphatic carbocycles. The highest BCUT2D eigenvalue weighted by Crippen LogP contribution is 2.18. The lowest BCUT2D eigenvalue weighted by molar-refractivity contribution is -0.116. The molecule has 2 heterocycles. The maximum atomic E-state index is 11.9. The molecular weight excluding hydrogens is 298 g/mol. The molecule has 22 heavy (non-hydrogen) atoms. The van der Waals surface area contributed by atoms with Crippen LogP contribution in [0.4, 0.5) is 11.5 Å². The summed E-state index contributed by atoms with van der Waals surface area (Å²) in [5, 5.41) is 2.75. The number of ketones is 1. The molecule has 6 heteroatoms. The minimum atomic E-state index is -0.180. The van der Waals surface area contributed by atoms with Gasteiger partial charge >= 0.3 is 0 Å². The first-order valence-electron chi connectivity index (χ1n) is 6.98. The summed E-state index contributed by atoms with van der Waals surface area (Å²) in [6, 6.07) is 7.35. The lowest BCUT2D eigenvalue weighted by Gasteiger charge is -2.11. The third kappa shape index (κ3) is 4.39. The van der Waals surface area contributed by atoms with Gasteiger partial charge in [-0.05, 0) is 31.2 Å². The van der Waals surface area contributed by atoms with Crippen molar-refractivity contribution in [2.24, 2.45) is 0 Å². The Labute approximate surface area is 134 Å². The lowest BCUT2D eigenvalue weighted by atomic mass is 10.2. The quantitative estimate of drug-likeness (QED) is 0.832. The third-order valence-electron chi connectivity index (χ3n) is 3.08. The molecule has 5 nitrogen and oxygen atoms in total. The second-order valence-corrected chi connectivity index (χ2v) is 6.47. The summed E-state index contributed by atoms with van der Waals surface area (Å²) in [6.07, 6.45) is 2.00. The predicted molar refractivity (Wildman–Crippen MR) is 89.8 cm³/mol. The number of pyridine rings is 1. The summed E-state index contributed by atoms with van der Waals surface area (Å²) in [4.78, 5) is 31.7. The Morgan fingerprint density at radius 3 is 2.50 bits per heavy atom. The minimum Gasteiger partial charge on any atom is -0.363 e. The van der Waals surface area contributed by atoms with Gasteiger partial charge in [-0.1, -0.05) is 0 Å². The Morgan fingerprint density at radius 1 is 1.18 bits per heavy atom. The average molecular weight is 317 g/mol. The highest BCUT2D eigenvalue weighted by atomic mass is 32.1. The van der Waals surface area contributed by atoms with Gasteiger partial charge in [-0.3, -0.25) is 9.59 Å². The van der Waals surface area contributed by atoms with Crippen molar-refractivity contribution in [1.82, 2.24) is 4.98 Å². The molecule has 0 aliphatic heterocycles. The van der Waals surface area contributed by atoms with Crippen LogP contribution >= 0.6 is 11.3 Å². The Hall–Kier alpha value is -2.21. The number of anilines is 2. The number of rotatable bonds is 6. The highest BCUT2D eigenvalue weighted by molar-refractivity contribution is 7.14. The number of carbonyl (C=O) groups excluding carboxylic acids is 2. The van der Waals surface area contributed by atoms with Gasteiger partial charge in [0, 0.05) is 31.8 Å². The van der Waals surface area contributed by atoms with E-state index in [9.17, 15) is 9.59 Å². The predicted octanol–water partition coefficient (Wildman–Crippen LogP) is 3.12. The fourth-order valence-corrected chi connectivity index (χ4v) is 2.72. The fourth-order valence-electron chi connectivity index (χ4n) is 1.88. The van der Waals surface area contributed by atoms with Gasteiger partial charge in [0.15, 0.2) is 5.78 Å². The summed E-state index contributed by atoms with van der Waals surface area (Å²) in [7, 11) is 3.80. The zero-order valence-electron chi connectivity index (χ0n) is 12.9. The standard InChI is InChI=1S/C16H19N3O2S/c1-11-4-7-14(22-11)13(20)6-9-16(21)18-12-5-8-15(17-10-12)19(2)3/h4-5,7-8,10H,6,9H2,1-3H3,(H,18,21). The molecular formula is C16H19N3O2S. The van der Waals surface area contributed by atoms with Crippen LogP contribution in [-0.2, 0) is 4.79 Å². The molecule has 0 saturated heterocycles. The third-order valence-corrected chi connectivity index (χ3v) is 4.13. The second-order valence-electron chi connectivity index (χ2n) is 5.18. The van der Waals surface area contributed by atoms with Crippen LogP contribution in [0.5, 0.6) is 0 Å². The van der Waals surface area contributed by atoms with Gasteiger partial charge in [-0.2, -0.15) is 0 Å². The molecule has 0 atom stereocenters. The van der Waals surface area contributed by atoms with E-state index in [0.717, 1.165) is 10.7 Å². The molecule has 1 N–H and O–H groups in total. The van der Waals surface area contributed by atoms with E-state index in [1.165, 1.54) is 11.3 Å². The van der Waals surface area contributed by atoms with Gasteiger partial charge in [-0.15, -0.1) is 11.3 Å². The molecule has 0 radical (unpaired) electrons. The maximum Gasteiger partial charge on any atom is 0.224 e. The smallest absolute Gasteiger partial charge is 0.224 e. The Bertz CT molecular complexity index is 662. The van der Waals surface area contributed by atoms with Crippen LogP contribution in [-0.4, -0.2) is 30.8 Å². The van der Waals surface area contributed by atoms with Crippen molar-refractivity contribution in [3.63, 3.8) is 0 Å². The van der Waals surface area contributed by atoms with E-state index in [1.807, 2.05) is 44.1 Å². The highest BCUT2D eigenvalue weighted by Gasteiger charge is 2.11. The summed E-state index contributed by atoms with van der Waals surface area (Å²) < 4.78 is 0. The number of carbonyl (C=O) groups is 2. The van der Waals surface area contributed by atoms with Crippen molar-refractivity contribution in [2.45, 2.75) is 19.8 Å². The number of thiophene rings is 1. The zero-order chi connectivity index (χ0) is 16.1. The summed E-state index contributed by atoms with van der Waals surface area (Å²) in [6.45, 7) is 1.96. The molecule has 0 aliphatic rings. The molecule has 2 aromatic rings. The van der Waals surface area contributed by atoms with Crippen molar-refractivity contribution in [3.05, 3.63) is 40.2 Å². The number of aryl methyl sites for hydroxylation is 1. The minimum absolute atomic E-state index is 0.00864. The normalized spacial score (nSPS) is 10.3. The number of nitrogens with zero attached hydrogens (tertiary/aromatic N) is 2. The number of amides is 1. The first-order valence-corrected chi connectivity index (χ1v) is 7.80. The van der Waals surface area contributed by atoms with E-state index < -0.39 is 0 Å². The first-order chi connectivity index (χ1) is 10.5. The number of Topliss-reactive ketones (excluding diaryl/α,β-unsaturated/α-hetero) is 1. The summed E-state index contributed by atoms with van der Waals surface area (Å²) >= 11 is 1.46. The number of nitrogens with one attached hydrogen (secondary N) is 1. The summed E-state index contributed by atoms with van der Waals surface area (Å²) in [5.74, 6) is 0.650. The molecule has 1 amide bonds. The van der Waals surface area contributed by atoms with E-state index in [1.54, 1.807) is 12.3 Å². The topological polar surface area (TPSA) is 62.3 Å². The molecule has 0 aromatic carbocycles. The fraction of sp³-hybridized carbons (Fsp3) is 0.312. The van der Waals surface area contributed by atoms with Crippen LogP contribution in [0.25, 0.3) is 0 Å². The molecule has 0 spiro atoms. The maximum absolute atomic E-state index is 11.9. The zero-order valence-corrected chi connectivity index (χ0v) is 13.7. The van der Waals surface area contributed by atoms with Gasteiger partial charge in [0.05, 0.1) is 16.8 Å². The van der Waals surface area contributed by atoms with Crippen LogP contribution in [0, 0.1) is 6.92 Å². The van der Waals surface area contributed by atoms with Gasteiger partial charge in [-0.25, -0.2) is 4.98 Å². The second kappa shape index (κ2) is 7.17. The van der Waals surface area contributed by atoms with Crippen molar-refractivity contribution in [3.8, 4) is 0 Å². The van der Waals surface area contributed by atoms with E-state index in [-0.39, 0.29) is 24.5 Å². The van der Waals surface area contributed by atoms with Gasteiger partial charge in [0.25, 0.3) is 0 Å². The molecule has 0 bridgehead atoms. The van der Waals surface area contributed by atoms with Crippen molar-refractivity contribution >= 4 is 34.5 Å². The van der Waals surface area contributed by atoms with Crippen molar-refractivity contribution in [2.75, 3.05) is 24.3 Å². The monoisotopic (exact) mass is 317 g/mol. The van der Waals surface area contributed by atoms with Crippen molar-refractivity contribution < 1.29 is 9.59 Å². The van der Waals surface area contributed by atoms with Crippen molar-refractivity contribution in [1.29, 1.82) is 0 Å². The summed E-state index contributed by atoms with van der Waals surface area (Å²) in [5.41, 5.74) is 0.634. The Kier molecular flexibility index (Phi) is 5.27. The van der Waals surface area contributed by atoms with Gasteiger partial charge in [0.1, 0.15) is 5.82 Å². The largest absolute Gasteiger partial charge is 0.363 e. The Balaban J connectivity index is 1.84. The van der Waals surface area contributed by atoms with Crippen LogP contribution in [0.1, 0.15) is 27.4 Å². The number of aromatic nitrogens is 1. The number of hydrogen-bond donors (Lipinski definition) is 1. The lowest BCUT2D eigenvalue weighted by Crippen LogP contribution is -2.14. The van der Waals surface area contributed by atoms with E-state index in [0.29, 0.717) is 10.6 Å². The molecule has 2 rings (SSSR count). The van der Waals surface area contributed by atoms with Crippen LogP contribution in [0.3, 0.4) is 0 Å². The van der Waals surface area contributed by atoms with Gasteiger partial charge < -0.3 is 10.2 Å². The number of hydrogen-bond acceptors (Lipinski definition) is 5. The van der Waals surface area contributed by atoms with E-state index >= 15 is 0 Å². The van der Waals surface area contributed by atoms with E-state index in [4.69, 9.17) is 0 Å². The van der Waals surface area contributed by atoms with Crippen LogP contribution < -0.4 is 10.2 Å². The molecule has 0 unspecified atom stereocenters. The molecule has 0 saturated carbocycles. The molecule has 0 fully saturated rings. The Morgan fingerprint density at radius 2 is 1.95 bits per heavy atom. The first kappa shape index (κ1) is 16.2. The SMILES string of the molecule is Cc1ccc(C(=O)CCC(=O)Nc2ccc(N(C)C)nc2)s1. The average Bonchev–Trinajstić information content (AvgIpc) is 2.92. The van der Waals surface area contributed by atoms with Crippen LogP contribution in [0.2, 0.25) is 0 Å². The molecule has 116 valence electrons.